The summed E-state index contributed by atoms with van der Waals surface area (Å²) in [5.74, 6) is 0.644. The summed E-state index contributed by atoms with van der Waals surface area (Å²) < 4.78 is 7.15. The molecular formula is C11H19N3O. The van der Waals surface area contributed by atoms with E-state index in [9.17, 15) is 0 Å². The van der Waals surface area contributed by atoms with E-state index in [2.05, 4.69) is 23.9 Å². The van der Waals surface area contributed by atoms with Gasteiger partial charge in [0.05, 0.1) is 6.61 Å². The molecule has 1 aromatic rings. The maximum Gasteiger partial charge on any atom is 0.139 e. The van der Waals surface area contributed by atoms with Crippen molar-refractivity contribution in [2.24, 2.45) is 7.05 Å². The van der Waals surface area contributed by atoms with Crippen molar-refractivity contribution in [1.82, 2.24) is 15.1 Å². The summed E-state index contributed by atoms with van der Waals surface area (Å²) in [7, 11) is 1.90. The summed E-state index contributed by atoms with van der Waals surface area (Å²) in [6, 6.07) is 0. The fourth-order valence-corrected chi connectivity index (χ4v) is 1.40. The average molecular weight is 209 g/mol. The predicted octanol–water partition coefficient (Wildman–Crippen LogP) is 1.54. The third-order valence-electron chi connectivity index (χ3n) is 2.05. The van der Waals surface area contributed by atoms with E-state index < -0.39 is 0 Å². The fraction of sp³-hybridized carbons (Fsp3) is 0.545. The number of aryl methyl sites for hydroxylation is 1. The Labute approximate surface area is 90.9 Å². The van der Waals surface area contributed by atoms with Crippen molar-refractivity contribution in [3.63, 3.8) is 0 Å². The molecule has 1 N–H and O–H groups in total. The van der Waals surface area contributed by atoms with Crippen molar-refractivity contribution >= 4 is 5.76 Å². The molecule has 0 radical (unpaired) electrons. The van der Waals surface area contributed by atoms with Gasteiger partial charge in [-0.1, -0.05) is 13.5 Å². The van der Waals surface area contributed by atoms with Gasteiger partial charge in [0.25, 0.3) is 0 Å². The van der Waals surface area contributed by atoms with Gasteiger partial charge in [0.2, 0.25) is 0 Å². The SMILES string of the molecule is C=C(OCC)c1nn(C)cc1CNCC. The number of hydrogen-bond acceptors (Lipinski definition) is 3. The lowest BCUT2D eigenvalue weighted by Crippen LogP contribution is -2.12. The minimum atomic E-state index is 0.621. The molecule has 4 heteroatoms. The van der Waals surface area contributed by atoms with Gasteiger partial charge >= 0.3 is 0 Å². The van der Waals surface area contributed by atoms with Gasteiger partial charge in [0.15, 0.2) is 0 Å². The van der Waals surface area contributed by atoms with Gasteiger partial charge in [-0.25, -0.2) is 0 Å². The van der Waals surface area contributed by atoms with Gasteiger partial charge < -0.3 is 10.1 Å². The van der Waals surface area contributed by atoms with Crippen LogP contribution in [0.2, 0.25) is 0 Å². The van der Waals surface area contributed by atoms with Gasteiger partial charge in [-0.05, 0) is 13.5 Å². The van der Waals surface area contributed by atoms with E-state index in [1.165, 1.54) is 0 Å². The zero-order chi connectivity index (χ0) is 11.3. The lowest BCUT2D eigenvalue weighted by molar-refractivity contribution is 0.297. The summed E-state index contributed by atoms with van der Waals surface area (Å²) in [6.45, 7) is 10.2. The van der Waals surface area contributed by atoms with Crippen LogP contribution in [0, 0.1) is 0 Å². The second-order valence-corrected chi connectivity index (χ2v) is 3.31. The number of nitrogens with zero attached hydrogens (tertiary/aromatic N) is 2. The van der Waals surface area contributed by atoms with Crippen LogP contribution < -0.4 is 5.32 Å². The summed E-state index contributed by atoms with van der Waals surface area (Å²) >= 11 is 0. The van der Waals surface area contributed by atoms with Crippen LogP contribution in [-0.4, -0.2) is 22.9 Å². The largest absolute Gasteiger partial charge is 0.492 e. The average Bonchev–Trinajstić information content (AvgIpc) is 2.57. The van der Waals surface area contributed by atoms with E-state index in [4.69, 9.17) is 4.74 Å². The molecule has 0 aliphatic heterocycles. The Hall–Kier alpha value is -1.29. The Morgan fingerprint density at radius 3 is 2.93 bits per heavy atom. The smallest absolute Gasteiger partial charge is 0.139 e. The lowest BCUT2D eigenvalue weighted by atomic mass is 10.2. The summed E-state index contributed by atoms with van der Waals surface area (Å²) in [5, 5.41) is 7.60. The van der Waals surface area contributed by atoms with Crippen LogP contribution in [0.3, 0.4) is 0 Å². The van der Waals surface area contributed by atoms with Crippen molar-refractivity contribution in [2.75, 3.05) is 13.2 Å². The molecule has 0 fully saturated rings. The zero-order valence-electron chi connectivity index (χ0n) is 9.71. The molecule has 0 saturated carbocycles. The van der Waals surface area contributed by atoms with Crippen LogP contribution in [0.5, 0.6) is 0 Å². The van der Waals surface area contributed by atoms with Crippen molar-refractivity contribution in [3.05, 3.63) is 24.0 Å². The van der Waals surface area contributed by atoms with Gasteiger partial charge in [0.1, 0.15) is 11.5 Å². The Bertz CT molecular complexity index is 331. The highest BCUT2D eigenvalue weighted by atomic mass is 16.5. The Morgan fingerprint density at radius 2 is 2.33 bits per heavy atom. The molecule has 0 saturated heterocycles. The van der Waals surface area contributed by atoms with E-state index in [0.717, 1.165) is 24.3 Å². The standard InChI is InChI=1S/C11H19N3O/c1-5-12-7-10-8-14(4)13-11(10)9(3)15-6-2/h8,12H,3,5-7H2,1-2,4H3. The van der Waals surface area contributed by atoms with Crippen LogP contribution in [0.4, 0.5) is 0 Å². The van der Waals surface area contributed by atoms with E-state index >= 15 is 0 Å². The van der Waals surface area contributed by atoms with Crippen molar-refractivity contribution in [2.45, 2.75) is 20.4 Å². The molecule has 4 nitrogen and oxygen atoms in total. The van der Waals surface area contributed by atoms with E-state index in [0.29, 0.717) is 12.4 Å². The molecule has 1 aromatic heterocycles. The number of ether oxygens (including phenoxy) is 1. The van der Waals surface area contributed by atoms with E-state index in [-0.39, 0.29) is 0 Å². The maximum absolute atomic E-state index is 5.36. The van der Waals surface area contributed by atoms with Crippen LogP contribution in [0.1, 0.15) is 25.1 Å². The van der Waals surface area contributed by atoms with Crippen LogP contribution in [0.25, 0.3) is 5.76 Å². The predicted molar refractivity (Wildman–Crippen MR) is 61.2 cm³/mol. The first-order valence-electron chi connectivity index (χ1n) is 5.24. The van der Waals surface area contributed by atoms with Gasteiger partial charge in [-0.3, -0.25) is 4.68 Å². The molecule has 0 bridgehead atoms. The molecular weight excluding hydrogens is 190 g/mol. The molecule has 0 spiro atoms. The first kappa shape index (κ1) is 11.8. The Balaban J connectivity index is 2.80. The first-order valence-corrected chi connectivity index (χ1v) is 5.24. The number of hydrogen-bond donors (Lipinski definition) is 1. The van der Waals surface area contributed by atoms with Gasteiger partial charge in [-0.15, -0.1) is 0 Å². The maximum atomic E-state index is 5.36. The summed E-state index contributed by atoms with van der Waals surface area (Å²) in [5.41, 5.74) is 1.97. The molecule has 0 unspecified atom stereocenters. The van der Waals surface area contributed by atoms with Crippen LogP contribution in [0.15, 0.2) is 12.8 Å². The second kappa shape index (κ2) is 5.56. The fourth-order valence-electron chi connectivity index (χ4n) is 1.40. The van der Waals surface area contributed by atoms with Crippen LogP contribution >= 0.6 is 0 Å². The highest BCUT2D eigenvalue weighted by molar-refractivity contribution is 5.56. The molecule has 0 aliphatic rings. The third-order valence-corrected chi connectivity index (χ3v) is 2.05. The molecule has 0 atom stereocenters. The minimum Gasteiger partial charge on any atom is -0.492 e. The van der Waals surface area contributed by atoms with Crippen molar-refractivity contribution in [1.29, 1.82) is 0 Å². The number of aromatic nitrogens is 2. The van der Waals surface area contributed by atoms with E-state index in [1.54, 1.807) is 4.68 Å². The monoisotopic (exact) mass is 209 g/mol. The molecule has 1 rings (SSSR count). The summed E-state index contributed by atoms with van der Waals surface area (Å²) in [6.07, 6.45) is 1.99. The third kappa shape index (κ3) is 3.09. The molecule has 0 amide bonds. The number of nitrogens with one attached hydrogen (secondary N) is 1. The quantitative estimate of drug-likeness (QED) is 0.722. The normalized spacial score (nSPS) is 10.3. The first-order chi connectivity index (χ1) is 7.19. The molecule has 84 valence electrons. The van der Waals surface area contributed by atoms with Gasteiger partial charge in [0, 0.05) is 25.4 Å². The lowest BCUT2D eigenvalue weighted by Gasteiger charge is -2.06. The van der Waals surface area contributed by atoms with E-state index in [1.807, 2.05) is 20.2 Å². The molecule has 1 heterocycles. The Kier molecular flexibility index (Phi) is 4.37. The van der Waals surface area contributed by atoms with Crippen LogP contribution in [-0.2, 0) is 18.3 Å². The summed E-state index contributed by atoms with van der Waals surface area (Å²) in [4.78, 5) is 0. The molecule has 0 aliphatic carbocycles. The molecule has 15 heavy (non-hydrogen) atoms. The highest BCUT2D eigenvalue weighted by Crippen LogP contribution is 2.16. The van der Waals surface area contributed by atoms with Crippen molar-refractivity contribution in [3.8, 4) is 0 Å². The van der Waals surface area contributed by atoms with Gasteiger partial charge in [-0.2, -0.15) is 5.10 Å². The topological polar surface area (TPSA) is 39.1 Å². The minimum absolute atomic E-state index is 0.621. The van der Waals surface area contributed by atoms with Crippen molar-refractivity contribution < 1.29 is 4.74 Å². The highest BCUT2D eigenvalue weighted by Gasteiger charge is 2.11. The number of rotatable bonds is 6. The Morgan fingerprint density at radius 1 is 1.60 bits per heavy atom. The molecule has 0 aromatic carbocycles. The zero-order valence-corrected chi connectivity index (χ0v) is 9.71. The second-order valence-electron chi connectivity index (χ2n) is 3.31.